The first-order valence-electron chi connectivity index (χ1n) is 13.0. The number of carbonyl (C=O) groups excluding carboxylic acids is 2. The van der Waals surface area contributed by atoms with E-state index < -0.39 is 28.5 Å². The quantitative estimate of drug-likeness (QED) is 0.261. The predicted molar refractivity (Wildman–Crippen MR) is 163 cm³/mol. The molecule has 3 aromatic carbocycles. The van der Waals surface area contributed by atoms with E-state index in [9.17, 15) is 18.0 Å². The number of nitrogens with zero attached hydrogens (tertiary/aromatic N) is 2. The van der Waals surface area contributed by atoms with Crippen LogP contribution in [0.2, 0.25) is 5.02 Å². The van der Waals surface area contributed by atoms with Crippen molar-refractivity contribution in [1.29, 1.82) is 0 Å². The Bertz CT molecular complexity index is 1390. The zero-order valence-electron chi connectivity index (χ0n) is 23.4. The Labute approximate surface area is 247 Å². The summed E-state index contributed by atoms with van der Waals surface area (Å²) < 4.78 is 29.0. The second kappa shape index (κ2) is 14.1. The predicted octanol–water partition coefficient (Wildman–Crippen LogP) is 5.90. The van der Waals surface area contributed by atoms with Gasteiger partial charge in [0.15, 0.2) is 0 Å². The van der Waals surface area contributed by atoms with Crippen molar-refractivity contribution < 1.29 is 18.0 Å². The summed E-state index contributed by atoms with van der Waals surface area (Å²) in [6.07, 6.45) is 2.26. The Morgan fingerprint density at radius 3 is 2.08 bits per heavy atom. The minimum atomic E-state index is -4.11. The number of amides is 2. The van der Waals surface area contributed by atoms with Gasteiger partial charge in [0, 0.05) is 22.5 Å². The Kier molecular flexibility index (Phi) is 11.1. The van der Waals surface area contributed by atoms with Crippen LogP contribution in [-0.2, 0) is 26.2 Å². The molecule has 0 aliphatic heterocycles. The molecule has 214 valence electrons. The van der Waals surface area contributed by atoms with E-state index in [4.69, 9.17) is 11.6 Å². The van der Waals surface area contributed by atoms with Gasteiger partial charge in [-0.05, 0) is 87.5 Å². The zero-order chi connectivity index (χ0) is 29.4. The average molecular weight is 602 g/mol. The number of anilines is 1. The Balaban J connectivity index is 2.05. The van der Waals surface area contributed by atoms with Crippen molar-refractivity contribution in [2.75, 3.05) is 17.1 Å². The highest BCUT2D eigenvalue weighted by Gasteiger charge is 2.33. The standard InChI is InChI=1S/C30H36ClN3O4S2/c1-6-28(30(36)32-21(2)3)33(19-23-9-11-24(31)12-10-23)29(35)20-34(25-13-7-22(4)8-14-25)40(37,38)27-17-15-26(39-5)16-18-27/h7-18,21,28H,6,19-20H2,1-5H3,(H,32,36)/t28-/m1/s1. The summed E-state index contributed by atoms with van der Waals surface area (Å²) in [6.45, 7) is 7.07. The molecule has 1 atom stereocenters. The van der Waals surface area contributed by atoms with Crippen molar-refractivity contribution in [2.24, 2.45) is 0 Å². The first-order valence-corrected chi connectivity index (χ1v) is 16.1. The molecule has 0 saturated carbocycles. The van der Waals surface area contributed by atoms with Gasteiger partial charge in [-0.15, -0.1) is 11.8 Å². The largest absolute Gasteiger partial charge is 0.352 e. The SMILES string of the molecule is CC[C@H](C(=O)NC(C)C)N(Cc1ccc(Cl)cc1)C(=O)CN(c1ccc(C)cc1)S(=O)(=O)c1ccc(SC)cc1. The van der Waals surface area contributed by atoms with E-state index in [1.165, 1.54) is 16.7 Å². The van der Waals surface area contributed by atoms with Gasteiger partial charge in [0.1, 0.15) is 12.6 Å². The Morgan fingerprint density at radius 1 is 0.950 bits per heavy atom. The van der Waals surface area contributed by atoms with Gasteiger partial charge in [0.2, 0.25) is 11.8 Å². The normalized spacial score (nSPS) is 12.2. The highest BCUT2D eigenvalue weighted by atomic mass is 35.5. The van der Waals surface area contributed by atoms with E-state index in [0.717, 1.165) is 20.3 Å². The monoisotopic (exact) mass is 601 g/mol. The third-order valence-corrected chi connectivity index (χ3v) is 9.11. The fraction of sp³-hybridized carbons (Fsp3) is 0.333. The lowest BCUT2D eigenvalue weighted by molar-refractivity contribution is -0.140. The molecule has 0 aliphatic rings. The molecule has 0 radical (unpaired) electrons. The number of nitrogens with one attached hydrogen (secondary N) is 1. The van der Waals surface area contributed by atoms with E-state index in [1.54, 1.807) is 72.8 Å². The molecular formula is C30H36ClN3O4S2. The van der Waals surface area contributed by atoms with Crippen LogP contribution in [0.4, 0.5) is 5.69 Å². The molecule has 10 heteroatoms. The van der Waals surface area contributed by atoms with Gasteiger partial charge in [-0.3, -0.25) is 13.9 Å². The van der Waals surface area contributed by atoms with E-state index >= 15 is 0 Å². The molecule has 0 aliphatic carbocycles. The van der Waals surface area contributed by atoms with Crippen molar-refractivity contribution in [3.63, 3.8) is 0 Å². The van der Waals surface area contributed by atoms with Gasteiger partial charge in [0.25, 0.3) is 10.0 Å². The Morgan fingerprint density at radius 2 is 1.55 bits per heavy atom. The second-order valence-electron chi connectivity index (χ2n) is 9.76. The van der Waals surface area contributed by atoms with E-state index in [-0.39, 0.29) is 23.4 Å². The number of thioether (sulfide) groups is 1. The molecule has 3 rings (SSSR count). The molecule has 7 nitrogen and oxygen atoms in total. The van der Waals surface area contributed by atoms with Crippen LogP contribution in [0.3, 0.4) is 0 Å². The lowest BCUT2D eigenvalue weighted by Gasteiger charge is -2.33. The van der Waals surface area contributed by atoms with Crippen LogP contribution in [0.15, 0.2) is 82.6 Å². The van der Waals surface area contributed by atoms with Crippen molar-refractivity contribution in [3.05, 3.63) is 88.9 Å². The van der Waals surface area contributed by atoms with Crippen molar-refractivity contribution in [2.45, 2.75) is 62.5 Å². The number of aryl methyl sites for hydroxylation is 1. The van der Waals surface area contributed by atoms with Crippen molar-refractivity contribution in [3.8, 4) is 0 Å². The molecule has 2 amide bonds. The number of benzene rings is 3. The maximum atomic E-state index is 14.0. The number of rotatable bonds is 12. The van der Waals surface area contributed by atoms with Crippen LogP contribution >= 0.6 is 23.4 Å². The smallest absolute Gasteiger partial charge is 0.264 e. The lowest BCUT2D eigenvalue weighted by Crippen LogP contribution is -2.53. The minimum absolute atomic E-state index is 0.0764. The van der Waals surface area contributed by atoms with Gasteiger partial charge in [0.05, 0.1) is 10.6 Å². The summed E-state index contributed by atoms with van der Waals surface area (Å²) in [4.78, 5) is 29.7. The molecule has 40 heavy (non-hydrogen) atoms. The van der Waals surface area contributed by atoms with Crippen molar-refractivity contribution in [1.82, 2.24) is 10.2 Å². The molecule has 0 fully saturated rings. The molecule has 0 saturated heterocycles. The molecular weight excluding hydrogens is 566 g/mol. The summed E-state index contributed by atoms with van der Waals surface area (Å²) in [7, 11) is -4.11. The van der Waals surface area contributed by atoms with Crippen LogP contribution in [0.25, 0.3) is 0 Å². The third-order valence-electron chi connectivity index (χ3n) is 6.33. The second-order valence-corrected chi connectivity index (χ2v) is 12.9. The number of carbonyl (C=O) groups is 2. The molecule has 3 aromatic rings. The summed E-state index contributed by atoms with van der Waals surface area (Å²) in [6, 6.07) is 19.6. The lowest BCUT2D eigenvalue weighted by atomic mass is 10.1. The summed E-state index contributed by atoms with van der Waals surface area (Å²) in [5.41, 5.74) is 2.09. The molecule has 0 spiro atoms. The van der Waals surface area contributed by atoms with E-state index in [0.29, 0.717) is 17.1 Å². The summed E-state index contributed by atoms with van der Waals surface area (Å²) >= 11 is 7.57. The van der Waals surface area contributed by atoms with Gasteiger partial charge in [-0.1, -0.05) is 48.4 Å². The first kappa shape index (κ1) is 31.5. The maximum absolute atomic E-state index is 14.0. The highest BCUT2D eigenvalue weighted by molar-refractivity contribution is 7.98. The van der Waals surface area contributed by atoms with Crippen LogP contribution in [0.1, 0.15) is 38.3 Å². The fourth-order valence-corrected chi connectivity index (χ4v) is 6.15. The van der Waals surface area contributed by atoms with Crippen LogP contribution in [-0.4, -0.2) is 50.0 Å². The van der Waals surface area contributed by atoms with Crippen LogP contribution in [0, 0.1) is 6.92 Å². The minimum Gasteiger partial charge on any atom is -0.352 e. The van der Waals surface area contributed by atoms with Gasteiger partial charge in [-0.25, -0.2) is 8.42 Å². The van der Waals surface area contributed by atoms with Gasteiger partial charge < -0.3 is 10.2 Å². The molecule has 0 bridgehead atoms. The number of halogens is 1. The van der Waals surface area contributed by atoms with Crippen LogP contribution in [0.5, 0.6) is 0 Å². The van der Waals surface area contributed by atoms with Crippen LogP contribution < -0.4 is 9.62 Å². The van der Waals surface area contributed by atoms with E-state index in [1.807, 2.05) is 34.0 Å². The molecule has 0 aromatic heterocycles. The Hall–Kier alpha value is -3.01. The van der Waals surface area contributed by atoms with Crippen molar-refractivity contribution >= 4 is 50.9 Å². The third kappa shape index (κ3) is 8.02. The van der Waals surface area contributed by atoms with Gasteiger partial charge in [-0.2, -0.15) is 0 Å². The first-order chi connectivity index (χ1) is 19.0. The molecule has 1 N–H and O–H groups in total. The van der Waals surface area contributed by atoms with Gasteiger partial charge >= 0.3 is 0 Å². The number of hydrogen-bond acceptors (Lipinski definition) is 5. The maximum Gasteiger partial charge on any atom is 0.264 e. The van der Waals surface area contributed by atoms with E-state index in [2.05, 4.69) is 5.32 Å². The number of sulfonamides is 1. The highest BCUT2D eigenvalue weighted by Crippen LogP contribution is 2.27. The zero-order valence-corrected chi connectivity index (χ0v) is 25.8. The summed E-state index contributed by atoms with van der Waals surface area (Å²) in [5, 5.41) is 3.45. The average Bonchev–Trinajstić information content (AvgIpc) is 2.92. The number of hydrogen-bond donors (Lipinski definition) is 1. The summed E-state index contributed by atoms with van der Waals surface area (Å²) in [5.74, 6) is -0.789. The topological polar surface area (TPSA) is 86.8 Å². The molecule has 0 unspecified atom stereocenters. The fourth-order valence-electron chi connectivity index (χ4n) is 4.20. The molecule has 0 heterocycles.